The number of hydrogen-bond donors (Lipinski definition) is 1. The SMILES string of the molecule is Nc1nc(CBr)c(Br)c(CBr)n1. The second-order valence-corrected chi connectivity index (χ2v) is 3.97. The highest BCUT2D eigenvalue weighted by molar-refractivity contribution is 9.11. The molecule has 0 aliphatic heterocycles. The minimum Gasteiger partial charge on any atom is -0.368 e. The number of nitrogens with zero attached hydrogens (tertiary/aromatic N) is 2. The maximum absolute atomic E-state index is 5.49. The lowest BCUT2D eigenvalue weighted by molar-refractivity contribution is 1.04. The number of anilines is 1. The quantitative estimate of drug-likeness (QED) is 0.826. The molecule has 1 aromatic rings. The molecule has 12 heavy (non-hydrogen) atoms. The molecule has 0 aliphatic carbocycles. The third kappa shape index (κ3) is 2.17. The predicted molar refractivity (Wildman–Crippen MR) is 59.4 cm³/mol. The van der Waals surface area contributed by atoms with Crippen LogP contribution in [0.25, 0.3) is 0 Å². The first-order valence-corrected chi connectivity index (χ1v) is 6.15. The number of nitrogens with two attached hydrogens (primary N) is 1. The van der Waals surface area contributed by atoms with Crippen LogP contribution >= 0.6 is 47.8 Å². The van der Waals surface area contributed by atoms with Gasteiger partial charge in [0.1, 0.15) is 0 Å². The normalized spacial score (nSPS) is 10.2. The van der Waals surface area contributed by atoms with Crippen molar-refractivity contribution in [2.24, 2.45) is 0 Å². The molecule has 66 valence electrons. The maximum Gasteiger partial charge on any atom is 0.220 e. The summed E-state index contributed by atoms with van der Waals surface area (Å²) in [5, 5.41) is 1.33. The van der Waals surface area contributed by atoms with E-state index in [1.165, 1.54) is 0 Å². The summed E-state index contributed by atoms with van der Waals surface area (Å²) in [6.45, 7) is 0. The van der Waals surface area contributed by atoms with Gasteiger partial charge in [-0.05, 0) is 15.9 Å². The maximum atomic E-state index is 5.49. The van der Waals surface area contributed by atoms with Crippen LogP contribution in [0.1, 0.15) is 11.4 Å². The van der Waals surface area contributed by atoms with E-state index in [0.717, 1.165) is 15.9 Å². The summed E-state index contributed by atoms with van der Waals surface area (Å²) in [7, 11) is 0. The van der Waals surface area contributed by atoms with E-state index in [1.54, 1.807) is 0 Å². The Bertz CT molecular complexity index is 264. The zero-order valence-corrected chi connectivity index (χ0v) is 10.8. The highest BCUT2D eigenvalue weighted by atomic mass is 79.9. The zero-order chi connectivity index (χ0) is 9.14. The first-order chi connectivity index (χ1) is 5.69. The highest BCUT2D eigenvalue weighted by Crippen LogP contribution is 2.23. The molecule has 0 fully saturated rings. The van der Waals surface area contributed by atoms with E-state index in [2.05, 4.69) is 57.8 Å². The largest absolute Gasteiger partial charge is 0.368 e. The third-order valence-electron chi connectivity index (χ3n) is 1.26. The first kappa shape index (κ1) is 10.4. The predicted octanol–water partition coefficient (Wildman–Crippen LogP) is 2.61. The lowest BCUT2D eigenvalue weighted by atomic mass is 10.3. The smallest absolute Gasteiger partial charge is 0.220 e. The van der Waals surface area contributed by atoms with Gasteiger partial charge in [0.05, 0.1) is 15.9 Å². The van der Waals surface area contributed by atoms with Crippen LogP contribution in [0.3, 0.4) is 0 Å². The van der Waals surface area contributed by atoms with Gasteiger partial charge in [-0.1, -0.05) is 31.9 Å². The molecule has 3 nitrogen and oxygen atoms in total. The van der Waals surface area contributed by atoms with Crippen LogP contribution in [0.5, 0.6) is 0 Å². The summed E-state index contributed by atoms with van der Waals surface area (Å²) in [5.41, 5.74) is 7.24. The van der Waals surface area contributed by atoms with E-state index in [9.17, 15) is 0 Å². The lowest BCUT2D eigenvalue weighted by Gasteiger charge is -2.04. The van der Waals surface area contributed by atoms with E-state index >= 15 is 0 Å². The topological polar surface area (TPSA) is 51.8 Å². The molecule has 0 aromatic carbocycles. The Kier molecular flexibility index (Phi) is 3.92. The summed E-state index contributed by atoms with van der Waals surface area (Å²) < 4.78 is 0.908. The number of halogens is 3. The third-order valence-corrected chi connectivity index (χ3v) is 3.24. The van der Waals surface area contributed by atoms with Crippen molar-refractivity contribution in [2.75, 3.05) is 5.73 Å². The molecule has 0 amide bonds. The molecule has 0 radical (unpaired) electrons. The van der Waals surface area contributed by atoms with Crippen LogP contribution in [-0.2, 0) is 10.7 Å². The van der Waals surface area contributed by atoms with Crippen LogP contribution in [0.4, 0.5) is 5.95 Å². The fourth-order valence-electron chi connectivity index (χ4n) is 0.743. The summed E-state index contributed by atoms with van der Waals surface area (Å²) >= 11 is 10.0. The number of alkyl halides is 2. The Balaban J connectivity index is 3.22. The molecule has 0 saturated carbocycles. The fraction of sp³-hybridized carbons (Fsp3) is 0.333. The Hall–Kier alpha value is 0.320. The van der Waals surface area contributed by atoms with E-state index in [4.69, 9.17) is 5.73 Å². The molecule has 0 bridgehead atoms. The molecule has 2 N–H and O–H groups in total. The summed E-state index contributed by atoms with van der Waals surface area (Å²) in [5.74, 6) is 0.308. The molecule has 1 rings (SSSR count). The van der Waals surface area contributed by atoms with Crippen molar-refractivity contribution in [2.45, 2.75) is 10.7 Å². The second-order valence-electron chi connectivity index (χ2n) is 2.06. The summed E-state index contributed by atoms with van der Waals surface area (Å²) in [4.78, 5) is 8.10. The van der Waals surface area contributed by atoms with Crippen LogP contribution < -0.4 is 5.73 Å². The van der Waals surface area contributed by atoms with Gasteiger partial charge in [-0.3, -0.25) is 0 Å². The van der Waals surface area contributed by atoms with Crippen LogP contribution in [0, 0.1) is 0 Å². The number of hydrogen-bond acceptors (Lipinski definition) is 3. The minimum atomic E-state index is 0.308. The summed E-state index contributed by atoms with van der Waals surface area (Å²) in [6.07, 6.45) is 0. The van der Waals surface area contributed by atoms with Gasteiger partial charge >= 0.3 is 0 Å². The van der Waals surface area contributed by atoms with Gasteiger partial charge < -0.3 is 5.73 Å². The molecule has 0 saturated heterocycles. The van der Waals surface area contributed by atoms with Crippen molar-refractivity contribution < 1.29 is 0 Å². The zero-order valence-electron chi connectivity index (χ0n) is 6.02. The molecule has 0 atom stereocenters. The monoisotopic (exact) mass is 357 g/mol. The minimum absolute atomic E-state index is 0.308. The molecular formula is C6H6Br3N3. The van der Waals surface area contributed by atoms with E-state index < -0.39 is 0 Å². The van der Waals surface area contributed by atoms with Crippen molar-refractivity contribution in [1.82, 2.24) is 9.97 Å². The fourth-order valence-corrected chi connectivity index (χ4v) is 2.77. The Morgan fingerprint density at radius 3 is 1.83 bits per heavy atom. The van der Waals surface area contributed by atoms with Gasteiger partial charge in [-0.2, -0.15) is 0 Å². The van der Waals surface area contributed by atoms with Crippen LogP contribution in [0.15, 0.2) is 4.47 Å². The number of nitrogen functional groups attached to an aromatic ring is 1. The van der Waals surface area contributed by atoms with Crippen molar-refractivity contribution in [3.8, 4) is 0 Å². The molecule has 0 spiro atoms. The van der Waals surface area contributed by atoms with Crippen molar-refractivity contribution in [3.63, 3.8) is 0 Å². The number of rotatable bonds is 2. The van der Waals surface area contributed by atoms with Crippen molar-refractivity contribution in [3.05, 3.63) is 15.9 Å². The summed E-state index contributed by atoms with van der Waals surface area (Å²) in [6, 6.07) is 0. The molecule has 1 heterocycles. The Morgan fingerprint density at radius 2 is 1.50 bits per heavy atom. The van der Waals surface area contributed by atoms with Gasteiger partial charge in [-0.15, -0.1) is 0 Å². The first-order valence-electron chi connectivity index (χ1n) is 3.11. The average Bonchev–Trinajstić information content (AvgIpc) is 2.08. The molecule has 6 heteroatoms. The van der Waals surface area contributed by atoms with E-state index in [1.807, 2.05) is 0 Å². The van der Waals surface area contributed by atoms with Gasteiger partial charge in [0.25, 0.3) is 0 Å². The standard InChI is InChI=1S/C6H6Br3N3/c7-1-3-5(9)4(2-8)12-6(10)11-3/h1-2H2,(H2,10,11,12). The van der Waals surface area contributed by atoms with Gasteiger partial charge in [0.15, 0.2) is 0 Å². The highest BCUT2D eigenvalue weighted by Gasteiger charge is 2.08. The molecule has 0 aliphatic rings. The second kappa shape index (κ2) is 4.53. The number of aromatic nitrogens is 2. The Labute approximate surface area is 95.5 Å². The Morgan fingerprint density at radius 1 is 1.08 bits per heavy atom. The van der Waals surface area contributed by atoms with Gasteiger partial charge in [0.2, 0.25) is 5.95 Å². The van der Waals surface area contributed by atoms with E-state index in [0.29, 0.717) is 16.6 Å². The lowest BCUT2D eigenvalue weighted by Crippen LogP contribution is -2.02. The average molecular weight is 360 g/mol. The van der Waals surface area contributed by atoms with Crippen LogP contribution in [-0.4, -0.2) is 9.97 Å². The van der Waals surface area contributed by atoms with E-state index in [-0.39, 0.29) is 0 Å². The van der Waals surface area contributed by atoms with Gasteiger partial charge in [0, 0.05) is 10.7 Å². The molecule has 1 aromatic heterocycles. The molecule has 0 unspecified atom stereocenters. The van der Waals surface area contributed by atoms with Crippen LogP contribution in [0.2, 0.25) is 0 Å². The van der Waals surface area contributed by atoms with Gasteiger partial charge in [-0.25, -0.2) is 9.97 Å². The van der Waals surface area contributed by atoms with Crippen molar-refractivity contribution in [1.29, 1.82) is 0 Å². The molecular weight excluding hydrogens is 354 g/mol. The van der Waals surface area contributed by atoms with Crippen molar-refractivity contribution >= 4 is 53.7 Å².